The molecular formula is C27H23ClN4O2S. The molecule has 35 heavy (non-hydrogen) atoms. The van der Waals surface area contributed by atoms with Gasteiger partial charge in [0.1, 0.15) is 18.2 Å². The van der Waals surface area contributed by atoms with Gasteiger partial charge in [0, 0.05) is 29.4 Å². The highest BCUT2D eigenvalue weighted by Gasteiger charge is 2.15. The Morgan fingerprint density at radius 1 is 1.11 bits per heavy atom. The number of hydrogen-bond donors (Lipinski definition) is 2. The highest BCUT2D eigenvalue weighted by atomic mass is 35.5. The van der Waals surface area contributed by atoms with Crippen LogP contribution in [0.2, 0.25) is 5.02 Å². The van der Waals surface area contributed by atoms with Crippen molar-refractivity contribution in [3.63, 3.8) is 0 Å². The molecule has 0 saturated carbocycles. The zero-order valence-corrected chi connectivity index (χ0v) is 20.8. The number of H-pyrrole nitrogens is 1. The molecule has 0 aliphatic carbocycles. The Labute approximate surface area is 211 Å². The average Bonchev–Trinajstić information content (AvgIpc) is 3.29. The van der Waals surface area contributed by atoms with Crippen molar-refractivity contribution in [1.82, 2.24) is 15.0 Å². The molecule has 0 radical (unpaired) electrons. The van der Waals surface area contributed by atoms with Crippen LogP contribution in [0.5, 0.6) is 5.75 Å². The molecule has 1 aromatic carbocycles. The summed E-state index contributed by atoms with van der Waals surface area (Å²) >= 11 is 8.16. The summed E-state index contributed by atoms with van der Waals surface area (Å²) in [4.78, 5) is 24.6. The van der Waals surface area contributed by atoms with E-state index in [4.69, 9.17) is 16.3 Å². The smallest absolute Gasteiger partial charge is 0.253 e. The lowest BCUT2D eigenvalue weighted by Crippen LogP contribution is -2.19. The van der Waals surface area contributed by atoms with Crippen molar-refractivity contribution in [3.8, 4) is 16.9 Å². The third kappa shape index (κ3) is 5.06. The number of benzene rings is 1. The summed E-state index contributed by atoms with van der Waals surface area (Å²) in [6, 6.07) is 14.8. The Morgan fingerprint density at radius 2 is 2.00 bits per heavy atom. The normalized spacial score (nSPS) is 12.0. The number of halogens is 1. The number of ether oxygens (including phenoxy) is 1. The van der Waals surface area contributed by atoms with Gasteiger partial charge in [-0.1, -0.05) is 17.7 Å². The van der Waals surface area contributed by atoms with E-state index in [1.54, 1.807) is 35.9 Å². The highest BCUT2D eigenvalue weighted by Crippen LogP contribution is 2.31. The van der Waals surface area contributed by atoms with Crippen molar-refractivity contribution < 1.29 is 4.74 Å². The van der Waals surface area contributed by atoms with Crippen molar-refractivity contribution in [2.24, 2.45) is 0 Å². The number of hydrogen-bond acceptors (Lipinski definition) is 6. The molecule has 6 nitrogen and oxygen atoms in total. The Bertz CT molecular complexity index is 1550. The van der Waals surface area contributed by atoms with Crippen LogP contribution in [-0.2, 0) is 6.61 Å². The van der Waals surface area contributed by atoms with Gasteiger partial charge in [0.2, 0.25) is 0 Å². The van der Waals surface area contributed by atoms with Gasteiger partial charge in [0.15, 0.2) is 0 Å². The summed E-state index contributed by atoms with van der Waals surface area (Å²) in [6.45, 7) is 4.32. The minimum atomic E-state index is -0.270. The molecule has 4 aromatic heterocycles. The van der Waals surface area contributed by atoms with E-state index >= 15 is 0 Å². The van der Waals surface area contributed by atoms with Crippen LogP contribution in [0.1, 0.15) is 29.8 Å². The predicted octanol–water partition coefficient (Wildman–Crippen LogP) is 6.76. The number of nitrogens with one attached hydrogen (secondary N) is 2. The molecule has 176 valence electrons. The third-order valence-corrected chi connectivity index (χ3v) is 6.94. The summed E-state index contributed by atoms with van der Waals surface area (Å²) in [5.74, 6) is 1.19. The summed E-state index contributed by atoms with van der Waals surface area (Å²) in [7, 11) is 0. The van der Waals surface area contributed by atoms with Crippen LogP contribution in [0.25, 0.3) is 22.0 Å². The molecule has 2 N–H and O–H groups in total. The molecule has 0 amide bonds. The predicted molar refractivity (Wildman–Crippen MR) is 142 cm³/mol. The van der Waals surface area contributed by atoms with Gasteiger partial charge in [0.25, 0.3) is 5.56 Å². The van der Waals surface area contributed by atoms with E-state index < -0.39 is 0 Å². The number of aryl methyl sites for hydroxylation is 1. The molecule has 0 unspecified atom stereocenters. The zero-order valence-electron chi connectivity index (χ0n) is 19.2. The van der Waals surface area contributed by atoms with Gasteiger partial charge in [-0.25, -0.2) is 4.98 Å². The molecule has 8 heteroatoms. The lowest BCUT2D eigenvalue weighted by molar-refractivity contribution is 0.302. The third-order valence-electron chi connectivity index (χ3n) is 5.78. The topological polar surface area (TPSA) is 79.9 Å². The second kappa shape index (κ2) is 9.90. The quantitative estimate of drug-likeness (QED) is 0.257. The first-order valence-electron chi connectivity index (χ1n) is 11.1. The monoisotopic (exact) mass is 502 g/mol. The van der Waals surface area contributed by atoms with Crippen molar-refractivity contribution in [2.45, 2.75) is 26.5 Å². The maximum atomic E-state index is 12.9. The maximum absolute atomic E-state index is 12.9. The lowest BCUT2D eigenvalue weighted by Gasteiger charge is -2.16. The Hall–Kier alpha value is -3.68. The second-order valence-corrected chi connectivity index (χ2v) is 9.45. The molecule has 1 atom stereocenters. The molecule has 5 rings (SSSR count). The molecule has 5 aromatic rings. The van der Waals surface area contributed by atoms with E-state index in [9.17, 15) is 4.79 Å². The van der Waals surface area contributed by atoms with E-state index in [1.165, 1.54) is 11.1 Å². The van der Waals surface area contributed by atoms with Crippen LogP contribution in [-0.4, -0.2) is 15.0 Å². The molecule has 4 heterocycles. The van der Waals surface area contributed by atoms with Gasteiger partial charge in [-0.15, -0.1) is 0 Å². The average molecular weight is 503 g/mol. The van der Waals surface area contributed by atoms with Gasteiger partial charge in [0.05, 0.1) is 22.3 Å². The standard InChI is InChI=1S/C27H23ClN4O2S/c1-16-14-35-15-22(16)18-6-8-30-26(11-18)31-17(2)21-9-19-10-23(28)25(12-24(19)32-27(21)33)34-13-20-5-3-4-7-29-20/h3-12,14-15,17H,13H2,1-2H3,(H,30,31)(H,32,33)/t17-/m0/s1. The number of thiophene rings is 1. The summed E-state index contributed by atoms with van der Waals surface area (Å²) in [6.07, 6.45) is 3.49. The Balaban J connectivity index is 1.38. The molecular weight excluding hydrogens is 480 g/mol. The van der Waals surface area contributed by atoms with E-state index in [0.29, 0.717) is 27.7 Å². The van der Waals surface area contributed by atoms with Gasteiger partial charge in [-0.2, -0.15) is 11.3 Å². The van der Waals surface area contributed by atoms with Crippen molar-refractivity contribution in [3.05, 3.63) is 104 Å². The Kier molecular flexibility index (Phi) is 6.53. The summed E-state index contributed by atoms with van der Waals surface area (Å²) in [5.41, 5.74) is 5.36. The van der Waals surface area contributed by atoms with Crippen LogP contribution < -0.4 is 15.6 Å². The fourth-order valence-corrected chi connectivity index (χ4v) is 5.01. The number of anilines is 1. The number of fused-ring (bicyclic) bond motifs is 1. The largest absolute Gasteiger partial charge is 0.486 e. The van der Waals surface area contributed by atoms with Crippen LogP contribution in [0.3, 0.4) is 0 Å². The minimum absolute atomic E-state index is 0.180. The fourth-order valence-electron chi connectivity index (χ4n) is 3.92. The van der Waals surface area contributed by atoms with E-state index in [1.807, 2.05) is 43.3 Å². The summed E-state index contributed by atoms with van der Waals surface area (Å²) < 4.78 is 5.84. The van der Waals surface area contributed by atoms with E-state index in [2.05, 4.69) is 38.0 Å². The molecule has 0 spiro atoms. The maximum Gasteiger partial charge on any atom is 0.253 e. The minimum Gasteiger partial charge on any atom is -0.486 e. The van der Waals surface area contributed by atoms with Crippen LogP contribution in [0.15, 0.2) is 76.5 Å². The van der Waals surface area contributed by atoms with Gasteiger partial charge in [-0.3, -0.25) is 9.78 Å². The van der Waals surface area contributed by atoms with Gasteiger partial charge < -0.3 is 15.0 Å². The van der Waals surface area contributed by atoms with Crippen molar-refractivity contribution >= 4 is 39.7 Å². The first-order chi connectivity index (χ1) is 17.0. The highest BCUT2D eigenvalue weighted by molar-refractivity contribution is 7.08. The molecule has 0 aliphatic heterocycles. The number of aromatic amines is 1. The number of rotatable bonds is 7. The Morgan fingerprint density at radius 3 is 2.77 bits per heavy atom. The second-order valence-electron chi connectivity index (χ2n) is 8.30. The molecule has 0 bridgehead atoms. The summed E-state index contributed by atoms with van der Waals surface area (Å²) in [5, 5.41) is 8.90. The van der Waals surface area contributed by atoms with Gasteiger partial charge >= 0.3 is 0 Å². The van der Waals surface area contributed by atoms with Crippen LogP contribution in [0.4, 0.5) is 5.82 Å². The van der Waals surface area contributed by atoms with Crippen LogP contribution in [0, 0.1) is 6.92 Å². The zero-order chi connectivity index (χ0) is 24.4. The number of aromatic nitrogens is 3. The first kappa shape index (κ1) is 23.1. The van der Waals surface area contributed by atoms with Crippen molar-refractivity contribution in [1.29, 1.82) is 0 Å². The van der Waals surface area contributed by atoms with E-state index in [0.717, 1.165) is 16.6 Å². The van der Waals surface area contributed by atoms with Crippen molar-refractivity contribution in [2.75, 3.05) is 5.32 Å². The number of nitrogens with zero attached hydrogens (tertiary/aromatic N) is 2. The lowest BCUT2D eigenvalue weighted by atomic mass is 10.1. The van der Waals surface area contributed by atoms with E-state index in [-0.39, 0.29) is 18.2 Å². The molecule has 0 saturated heterocycles. The number of pyridine rings is 3. The van der Waals surface area contributed by atoms with Gasteiger partial charge in [-0.05, 0) is 77.7 Å². The SMILES string of the molecule is Cc1cscc1-c1ccnc(N[C@@H](C)c2cc3cc(Cl)c(OCc4ccccn4)cc3[nH]c2=O)c1. The molecule has 0 aliphatic rings. The molecule has 0 fully saturated rings. The van der Waals surface area contributed by atoms with Crippen LogP contribution >= 0.6 is 22.9 Å². The fraction of sp³-hybridized carbons (Fsp3) is 0.148. The first-order valence-corrected chi connectivity index (χ1v) is 12.4.